The number of fused-ring (bicyclic) bond motifs is 2. The molecule has 6 rings (SSSR count). The van der Waals surface area contributed by atoms with Crippen LogP contribution in [0.25, 0.3) is 0 Å². The van der Waals surface area contributed by atoms with E-state index in [1.165, 1.54) is 12.1 Å². The van der Waals surface area contributed by atoms with Crippen molar-refractivity contribution >= 4 is 53.6 Å². The average molecular weight is 618 g/mol. The Kier molecular flexibility index (Phi) is 7.62. The van der Waals surface area contributed by atoms with Gasteiger partial charge in [-0.25, -0.2) is 21.6 Å². The molecule has 40 heavy (non-hydrogen) atoms. The van der Waals surface area contributed by atoms with E-state index in [2.05, 4.69) is 15.7 Å². The van der Waals surface area contributed by atoms with Crippen LogP contribution in [-0.4, -0.2) is 47.9 Å². The van der Waals surface area contributed by atoms with E-state index in [0.717, 1.165) is 6.07 Å². The number of halogens is 4. The standard InChI is InChI=1S/C25H24ClF3N3O6PS/c26-16-2-1-11(23(34)30-14-9-17(27)22(29)18(28)10-14)5-20(16)40(37,38)15-7-12-6-13(8-15)25(12,36)39-32-24(35)19-3-4-21(33)31-19/h1-2,5,9-10,12-13,15,19,36,39H,3-4,6-8H2,(H,30,34)(H,31,33)(H,32,35)/t12?,13?,15?,19-,25?/m0/s1. The molecule has 0 spiro atoms. The molecule has 1 heterocycles. The lowest BCUT2D eigenvalue weighted by Crippen LogP contribution is -2.60. The molecular formula is C25H24ClF3N3O6PS. The predicted molar refractivity (Wildman–Crippen MR) is 140 cm³/mol. The molecule has 15 heteroatoms. The van der Waals surface area contributed by atoms with Gasteiger partial charge in [-0.3, -0.25) is 14.4 Å². The number of nitrogens with one attached hydrogen (secondary N) is 3. The van der Waals surface area contributed by atoms with Crippen molar-refractivity contribution in [2.24, 2.45) is 11.8 Å². The first-order valence-electron chi connectivity index (χ1n) is 12.4. The van der Waals surface area contributed by atoms with E-state index in [9.17, 15) is 41.1 Å². The molecule has 1 aliphatic heterocycles. The van der Waals surface area contributed by atoms with Gasteiger partial charge in [-0.1, -0.05) is 11.6 Å². The second kappa shape index (κ2) is 10.6. The van der Waals surface area contributed by atoms with Crippen molar-refractivity contribution in [3.63, 3.8) is 0 Å². The smallest absolute Gasteiger partial charge is 0.255 e. The largest absolute Gasteiger partial charge is 0.383 e. The van der Waals surface area contributed by atoms with E-state index in [4.69, 9.17) is 11.6 Å². The first kappa shape index (κ1) is 28.8. The summed E-state index contributed by atoms with van der Waals surface area (Å²) in [5, 5.41) is 16.4. The first-order valence-corrected chi connectivity index (χ1v) is 15.3. The Labute approximate surface area is 234 Å². The van der Waals surface area contributed by atoms with Crippen LogP contribution < -0.4 is 15.7 Å². The minimum Gasteiger partial charge on any atom is -0.383 e. The van der Waals surface area contributed by atoms with Crippen molar-refractivity contribution in [3.05, 3.63) is 58.4 Å². The molecule has 2 bridgehead atoms. The van der Waals surface area contributed by atoms with Gasteiger partial charge in [0.25, 0.3) is 5.91 Å². The maximum absolute atomic E-state index is 13.6. The summed E-state index contributed by atoms with van der Waals surface area (Å²) in [6.45, 7) is 0. The highest BCUT2D eigenvalue weighted by molar-refractivity contribution is 7.92. The number of hydrogen-bond donors (Lipinski definition) is 4. The minimum absolute atomic E-state index is 0.110. The topological polar surface area (TPSA) is 142 Å². The van der Waals surface area contributed by atoms with Crippen LogP contribution in [0.5, 0.6) is 0 Å². The number of hydrogen-bond acceptors (Lipinski definition) is 6. The summed E-state index contributed by atoms with van der Waals surface area (Å²) < 4.78 is 67.4. The number of carbonyl (C=O) groups is 3. The minimum atomic E-state index is -4.07. The van der Waals surface area contributed by atoms with Crippen LogP contribution >= 0.6 is 20.3 Å². The zero-order chi connectivity index (χ0) is 29.0. The van der Waals surface area contributed by atoms with Crippen LogP contribution in [-0.2, 0) is 19.4 Å². The molecule has 3 amide bonds. The van der Waals surface area contributed by atoms with Crippen LogP contribution in [0.15, 0.2) is 35.2 Å². The Hall–Kier alpha value is -2.73. The fourth-order valence-electron chi connectivity index (χ4n) is 5.55. The Morgan fingerprint density at radius 2 is 1.73 bits per heavy atom. The normalized spacial score (nSPS) is 27.8. The van der Waals surface area contributed by atoms with Crippen LogP contribution in [0.2, 0.25) is 5.02 Å². The summed E-state index contributed by atoms with van der Waals surface area (Å²) in [5.41, 5.74) is -0.524. The van der Waals surface area contributed by atoms with E-state index in [1.54, 1.807) is 0 Å². The fourth-order valence-corrected chi connectivity index (χ4v) is 9.33. The maximum atomic E-state index is 13.6. The van der Waals surface area contributed by atoms with Crippen molar-refractivity contribution in [1.29, 1.82) is 0 Å². The van der Waals surface area contributed by atoms with Crippen molar-refractivity contribution in [3.8, 4) is 0 Å². The number of carbonyl (C=O) groups excluding carboxylic acids is 3. The summed E-state index contributed by atoms with van der Waals surface area (Å²) in [6, 6.07) is 4.05. The third-order valence-electron chi connectivity index (χ3n) is 7.79. The van der Waals surface area contributed by atoms with E-state index >= 15 is 0 Å². The highest BCUT2D eigenvalue weighted by Gasteiger charge is 2.60. The number of anilines is 1. The van der Waals surface area contributed by atoms with Gasteiger partial charge in [0, 0.05) is 38.5 Å². The second-order valence-corrected chi connectivity index (χ2v) is 14.1. The van der Waals surface area contributed by atoms with Crippen LogP contribution in [0.3, 0.4) is 0 Å². The summed E-state index contributed by atoms with van der Waals surface area (Å²) in [6.07, 6.45) is 1.44. The number of benzene rings is 2. The third-order valence-corrected chi connectivity index (χ3v) is 12.0. The van der Waals surface area contributed by atoms with Crippen LogP contribution in [0.4, 0.5) is 18.9 Å². The lowest BCUT2D eigenvalue weighted by molar-refractivity contribution is -0.125. The van der Waals surface area contributed by atoms with Gasteiger partial charge in [0.05, 0.1) is 15.2 Å². The zero-order valence-corrected chi connectivity index (χ0v) is 23.2. The predicted octanol–water partition coefficient (Wildman–Crippen LogP) is 3.26. The molecule has 3 unspecified atom stereocenters. The number of sulfone groups is 1. The fraction of sp³-hybridized carbons (Fsp3) is 0.400. The number of aliphatic hydroxyl groups is 1. The monoisotopic (exact) mass is 617 g/mol. The molecule has 4 N–H and O–H groups in total. The Balaban J connectivity index is 1.27. The lowest BCUT2D eigenvalue weighted by atomic mass is 9.62. The van der Waals surface area contributed by atoms with Gasteiger partial charge in [0.1, 0.15) is 11.4 Å². The Bertz CT molecular complexity index is 1490. The van der Waals surface area contributed by atoms with Gasteiger partial charge in [0.2, 0.25) is 11.8 Å². The maximum Gasteiger partial charge on any atom is 0.255 e. The quantitative estimate of drug-likeness (QED) is 0.278. The molecule has 0 aromatic heterocycles. The second-order valence-electron chi connectivity index (χ2n) is 10.2. The molecule has 2 aromatic rings. The van der Waals surface area contributed by atoms with Crippen LogP contribution in [0, 0.1) is 29.3 Å². The number of rotatable bonds is 7. The molecule has 1 saturated heterocycles. The number of amides is 3. The van der Waals surface area contributed by atoms with Gasteiger partial charge < -0.3 is 20.8 Å². The summed E-state index contributed by atoms with van der Waals surface area (Å²) in [5.74, 6) is -6.98. The van der Waals surface area contributed by atoms with Gasteiger partial charge in [-0.2, -0.15) is 0 Å². The van der Waals surface area contributed by atoms with Gasteiger partial charge in [0.15, 0.2) is 27.3 Å². The molecule has 3 saturated carbocycles. The Morgan fingerprint density at radius 3 is 2.33 bits per heavy atom. The molecule has 4 atom stereocenters. The van der Waals surface area contributed by atoms with E-state index in [1.807, 2.05) is 0 Å². The van der Waals surface area contributed by atoms with Crippen LogP contribution in [0.1, 0.15) is 42.5 Å². The molecular weight excluding hydrogens is 594 g/mol. The van der Waals surface area contributed by atoms with Gasteiger partial charge in [-0.05, 0) is 55.7 Å². The van der Waals surface area contributed by atoms with Crippen molar-refractivity contribution in [2.75, 3.05) is 5.32 Å². The Morgan fingerprint density at radius 1 is 1.07 bits per heavy atom. The molecule has 2 aromatic carbocycles. The molecule has 214 valence electrons. The molecule has 9 nitrogen and oxygen atoms in total. The van der Waals surface area contributed by atoms with E-state index in [-0.39, 0.29) is 61.0 Å². The molecule has 3 aliphatic carbocycles. The van der Waals surface area contributed by atoms with Crippen molar-refractivity contribution in [2.45, 2.75) is 53.6 Å². The lowest BCUT2D eigenvalue weighted by Gasteiger charge is -2.58. The average Bonchev–Trinajstić information content (AvgIpc) is 3.36. The first-order chi connectivity index (χ1) is 18.8. The van der Waals surface area contributed by atoms with Crippen molar-refractivity contribution in [1.82, 2.24) is 10.4 Å². The summed E-state index contributed by atoms with van der Waals surface area (Å²) >= 11 is 6.21. The van der Waals surface area contributed by atoms with Gasteiger partial charge >= 0.3 is 0 Å². The third kappa shape index (κ3) is 5.20. The van der Waals surface area contributed by atoms with E-state index in [0.29, 0.717) is 25.0 Å². The summed E-state index contributed by atoms with van der Waals surface area (Å²) in [4.78, 5) is 36.1. The van der Waals surface area contributed by atoms with E-state index < -0.39 is 61.7 Å². The van der Waals surface area contributed by atoms with Gasteiger partial charge in [-0.15, -0.1) is 0 Å². The molecule has 4 fully saturated rings. The highest BCUT2D eigenvalue weighted by atomic mass is 35.5. The van der Waals surface area contributed by atoms with Crippen molar-refractivity contribution < 1.29 is 41.1 Å². The molecule has 0 radical (unpaired) electrons. The SMILES string of the molecule is O=C1CC[C@@H](C(=O)NPC2(O)C3CC2CC(S(=O)(=O)c2cc(C(=O)Nc4cc(F)c(F)c(F)c4)ccc2Cl)C3)N1. The highest BCUT2D eigenvalue weighted by Crippen LogP contribution is 2.61. The molecule has 4 aliphatic rings. The summed E-state index contributed by atoms with van der Waals surface area (Å²) in [7, 11) is -4.44. The zero-order valence-electron chi connectivity index (χ0n) is 20.6.